The van der Waals surface area contributed by atoms with Crippen molar-refractivity contribution in [1.82, 2.24) is 29.9 Å². The number of hydrogen-bond donors (Lipinski definition) is 3. The van der Waals surface area contributed by atoms with Crippen LogP contribution in [0.5, 0.6) is 5.88 Å². The molecule has 3 aliphatic carbocycles. The molecule has 2 fully saturated rings. The Labute approximate surface area is 229 Å². The lowest BCUT2D eigenvalue weighted by Crippen LogP contribution is -2.29. The van der Waals surface area contributed by atoms with Crippen LogP contribution >= 0.6 is 11.3 Å². The topological polar surface area (TPSA) is 128 Å². The van der Waals surface area contributed by atoms with E-state index in [9.17, 15) is 27.2 Å². The van der Waals surface area contributed by atoms with E-state index in [-0.39, 0.29) is 22.8 Å². The van der Waals surface area contributed by atoms with Crippen molar-refractivity contribution in [2.24, 2.45) is 18.9 Å². The molecule has 3 aromatic heterocycles. The zero-order valence-corrected chi connectivity index (χ0v) is 22.1. The molecule has 3 aromatic rings. The van der Waals surface area contributed by atoms with Crippen molar-refractivity contribution in [3.8, 4) is 5.88 Å². The van der Waals surface area contributed by atoms with Crippen LogP contribution in [0, 0.1) is 11.8 Å². The number of nitrogens with one attached hydrogen (secondary N) is 3. The molecule has 0 aliphatic heterocycles. The number of halogens is 4. The highest BCUT2D eigenvalue weighted by Crippen LogP contribution is 2.50. The van der Waals surface area contributed by atoms with Crippen LogP contribution in [0.3, 0.4) is 0 Å². The lowest BCUT2D eigenvalue weighted by molar-refractivity contribution is -0.119. The number of amides is 2. The number of thiophene rings is 1. The molecule has 0 unspecified atom stereocenters. The molecule has 3 N–H and O–H groups in total. The Bertz CT molecular complexity index is 1450. The van der Waals surface area contributed by atoms with Gasteiger partial charge in [0.2, 0.25) is 17.7 Å². The average Bonchev–Trinajstić information content (AvgIpc) is 3.67. The van der Waals surface area contributed by atoms with E-state index >= 15 is 0 Å². The van der Waals surface area contributed by atoms with E-state index in [0.29, 0.717) is 49.1 Å². The Morgan fingerprint density at radius 1 is 1.27 bits per heavy atom. The fourth-order valence-electron chi connectivity index (χ4n) is 4.90. The van der Waals surface area contributed by atoms with Gasteiger partial charge in [-0.15, -0.1) is 26.6 Å². The van der Waals surface area contributed by atoms with Crippen LogP contribution in [0.4, 0.5) is 34.3 Å². The molecule has 0 aromatic carbocycles. The number of hydrogen-bond acceptors (Lipinski definition) is 8. The SMILES string of the molecule is Cn1nc(OC(F)F)cc1Nc1nncn1[C@H]1CCc2sc(NC(=O)[C@H]3CC3(F)F)c(C(=O)NCC3CC3)c2C1. The van der Waals surface area contributed by atoms with Gasteiger partial charge < -0.3 is 20.7 Å². The highest BCUT2D eigenvalue weighted by Gasteiger charge is 2.61. The number of fused-ring (bicyclic) bond motifs is 1. The second-order valence-corrected chi connectivity index (χ2v) is 11.4. The van der Waals surface area contributed by atoms with Crippen molar-refractivity contribution in [2.75, 3.05) is 17.2 Å². The fourth-order valence-corrected chi connectivity index (χ4v) is 6.14. The van der Waals surface area contributed by atoms with Crippen LogP contribution in [0.15, 0.2) is 12.4 Å². The maximum Gasteiger partial charge on any atom is 0.388 e. The second-order valence-electron chi connectivity index (χ2n) is 10.3. The van der Waals surface area contributed by atoms with E-state index in [1.54, 1.807) is 11.6 Å². The molecule has 11 nitrogen and oxygen atoms in total. The van der Waals surface area contributed by atoms with Gasteiger partial charge >= 0.3 is 6.61 Å². The smallest absolute Gasteiger partial charge is 0.388 e. The van der Waals surface area contributed by atoms with Gasteiger partial charge in [0.1, 0.15) is 23.1 Å². The number of rotatable bonds is 10. The minimum absolute atomic E-state index is 0.184. The van der Waals surface area contributed by atoms with E-state index in [2.05, 4.69) is 36.0 Å². The van der Waals surface area contributed by atoms with E-state index in [4.69, 9.17) is 0 Å². The van der Waals surface area contributed by atoms with Crippen LogP contribution in [0.2, 0.25) is 0 Å². The van der Waals surface area contributed by atoms with Crippen LogP contribution in [-0.4, -0.2) is 55.4 Å². The summed E-state index contributed by atoms with van der Waals surface area (Å²) in [6, 6.07) is 1.12. The van der Waals surface area contributed by atoms with Crippen molar-refractivity contribution in [1.29, 1.82) is 0 Å². The molecule has 16 heteroatoms. The van der Waals surface area contributed by atoms with Gasteiger partial charge in [0.05, 0.1) is 5.56 Å². The largest absolute Gasteiger partial charge is 0.415 e. The standard InChI is InChI=1S/C24H26F4N8O3S/c1-35-16(7-17(34-35)39-22(25)26)31-23-33-30-10-36(23)12-4-5-15-13(6-12)18(20(38)29-9-11-2-3-11)21(40-15)32-19(37)14-8-24(14,27)28/h7,10-12,14,22H,2-6,8-9H2,1H3,(H,29,38)(H,31,33)(H,32,37)/t12-,14+/m0/s1. The summed E-state index contributed by atoms with van der Waals surface area (Å²) < 4.78 is 59.7. The molecule has 6 rings (SSSR count). The molecular weight excluding hydrogens is 556 g/mol. The number of carbonyl (C=O) groups excluding carboxylic acids is 2. The fraction of sp³-hybridized carbons (Fsp3) is 0.542. The summed E-state index contributed by atoms with van der Waals surface area (Å²) in [4.78, 5) is 26.7. The minimum atomic E-state index is -3.02. The van der Waals surface area contributed by atoms with Gasteiger partial charge in [-0.2, -0.15) is 8.78 Å². The Morgan fingerprint density at radius 2 is 2.05 bits per heavy atom. The van der Waals surface area contributed by atoms with Gasteiger partial charge in [-0.1, -0.05) is 0 Å². The zero-order chi connectivity index (χ0) is 28.2. The first kappa shape index (κ1) is 26.5. The second kappa shape index (κ2) is 10.1. The molecule has 2 saturated carbocycles. The van der Waals surface area contributed by atoms with Crippen molar-refractivity contribution >= 4 is 39.9 Å². The quantitative estimate of drug-likeness (QED) is 0.310. The first-order valence-electron chi connectivity index (χ1n) is 12.9. The molecular formula is C24H26F4N8O3S. The van der Waals surface area contributed by atoms with Gasteiger partial charge in [0.15, 0.2) is 0 Å². The van der Waals surface area contributed by atoms with Gasteiger partial charge in [-0.05, 0) is 43.6 Å². The number of nitrogens with zero attached hydrogens (tertiary/aromatic N) is 5. The monoisotopic (exact) mass is 582 g/mol. The maximum atomic E-state index is 13.5. The Hall–Kier alpha value is -3.69. The minimum Gasteiger partial charge on any atom is -0.415 e. The lowest BCUT2D eigenvalue weighted by atomic mass is 9.91. The van der Waals surface area contributed by atoms with E-state index in [1.165, 1.54) is 28.4 Å². The van der Waals surface area contributed by atoms with Gasteiger partial charge in [0, 0.05) is 37.0 Å². The summed E-state index contributed by atoms with van der Waals surface area (Å²) in [5, 5.41) is 20.9. The van der Waals surface area contributed by atoms with Crippen LogP contribution in [0.25, 0.3) is 0 Å². The number of ether oxygens (including phenoxy) is 1. The number of aromatic nitrogens is 5. The number of anilines is 3. The van der Waals surface area contributed by atoms with Crippen molar-refractivity contribution in [3.63, 3.8) is 0 Å². The Morgan fingerprint density at radius 3 is 2.75 bits per heavy atom. The molecule has 3 heterocycles. The highest BCUT2D eigenvalue weighted by molar-refractivity contribution is 7.17. The summed E-state index contributed by atoms with van der Waals surface area (Å²) in [5.74, 6) is -4.67. The third-order valence-electron chi connectivity index (χ3n) is 7.36. The third kappa shape index (κ3) is 5.36. The van der Waals surface area contributed by atoms with Crippen molar-refractivity contribution < 1.29 is 31.9 Å². The average molecular weight is 583 g/mol. The number of carbonyl (C=O) groups is 2. The van der Waals surface area contributed by atoms with Crippen molar-refractivity contribution in [2.45, 2.75) is 57.1 Å². The zero-order valence-electron chi connectivity index (χ0n) is 21.3. The van der Waals surface area contributed by atoms with Gasteiger partial charge in [-0.25, -0.2) is 13.5 Å². The van der Waals surface area contributed by atoms with E-state index in [1.807, 2.05) is 0 Å². The molecule has 0 radical (unpaired) electrons. The van der Waals surface area contributed by atoms with Crippen LogP contribution < -0.4 is 20.7 Å². The van der Waals surface area contributed by atoms with E-state index < -0.39 is 30.8 Å². The number of alkyl halides is 4. The van der Waals surface area contributed by atoms with Crippen LogP contribution in [-0.2, 0) is 24.7 Å². The first-order valence-corrected chi connectivity index (χ1v) is 13.7. The lowest BCUT2D eigenvalue weighted by Gasteiger charge is -2.25. The first-order chi connectivity index (χ1) is 19.1. The molecule has 40 heavy (non-hydrogen) atoms. The molecule has 0 spiro atoms. The summed E-state index contributed by atoms with van der Waals surface area (Å²) in [6.45, 7) is -2.50. The highest BCUT2D eigenvalue weighted by atomic mass is 32.1. The third-order valence-corrected chi connectivity index (χ3v) is 8.57. The summed E-state index contributed by atoms with van der Waals surface area (Å²) in [6.07, 6.45) is 4.76. The molecule has 3 aliphatic rings. The predicted molar refractivity (Wildman–Crippen MR) is 135 cm³/mol. The Kier molecular flexibility index (Phi) is 6.67. The molecule has 2 atom stereocenters. The van der Waals surface area contributed by atoms with E-state index in [0.717, 1.165) is 23.3 Å². The molecule has 0 bridgehead atoms. The molecule has 0 saturated heterocycles. The maximum absolute atomic E-state index is 13.5. The normalized spacial score (nSPS) is 21.1. The summed E-state index contributed by atoms with van der Waals surface area (Å²) in [5.41, 5.74) is 1.06. The molecule has 214 valence electrons. The predicted octanol–water partition coefficient (Wildman–Crippen LogP) is 3.88. The number of aryl methyl sites for hydroxylation is 2. The summed E-state index contributed by atoms with van der Waals surface area (Å²) in [7, 11) is 1.56. The molecule has 2 amide bonds. The Balaban J connectivity index is 1.24. The van der Waals surface area contributed by atoms with Crippen molar-refractivity contribution in [3.05, 3.63) is 28.4 Å². The van der Waals surface area contributed by atoms with Crippen LogP contribution in [0.1, 0.15) is 52.5 Å². The summed E-state index contributed by atoms with van der Waals surface area (Å²) >= 11 is 1.25. The van der Waals surface area contributed by atoms with Gasteiger partial charge in [-0.3, -0.25) is 14.2 Å². The van der Waals surface area contributed by atoms with Gasteiger partial charge in [0.25, 0.3) is 11.8 Å².